The Morgan fingerprint density at radius 3 is 2.27 bits per heavy atom. The molecule has 0 spiro atoms. The second-order valence-electron chi connectivity index (χ2n) is 3.94. The highest BCUT2D eigenvalue weighted by Gasteiger charge is 2.15. The number of carbonyl (C=O) groups excluding carboxylic acids is 1. The van der Waals surface area contributed by atoms with Crippen LogP contribution in [0.1, 0.15) is 20.8 Å². The van der Waals surface area contributed by atoms with Crippen LogP contribution >= 0.6 is 0 Å². The molecule has 0 aromatic carbocycles. The van der Waals surface area contributed by atoms with Gasteiger partial charge in [0.2, 0.25) is 0 Å². The number of hydrogen-bond donors (Lipinski definition) is 0. The molecule has 90 valence electrons. The molecule has 0 aromatic heterocycles. The van der Waals surface area contributed by atoms with Gasteiger partial charge in [0.25, 0.3) is 0 Å². The predicted molar refractivity (Wildman–Crippen MR) is 53.5 cm³/mol. The molecular formula is C10H19FO4. The van der Waals surface area contributed by atoms with Crippen LogP contribution in [0.3, 0.4) is 0 Å². The summed E-state index contributed by atoms with van der Waals surface area (Å²) in [5.41, 5.74) is -0.495. The highest BCUT2D eigenvalue weighted by molar-refractivity contribution is 5.71. The number of rotatable bonds is 7. The summed E-state index contributed by atoms with van der Waals surface area (Å²) < 4.78 is 26.4. The molecule has 0 unspecified atom stereocenters. The highest BCUT2D eigenvalue weighted by atomic mass is 19.1. The molecule has 5 heteroatoms. The van der Waals surface area contributed by atoms with E-state index in [4.69, 9.17) is 14.2 Å². The summed E-state index contributed by atoms with van der Waals surface area (Å²) in [5.74, 6) is -0.409. The average molecular weight is 222 g/mol. The van der Waals surface area contributed by atoms with Gasteiger partial charge in [-0.05, 0) is 20.8 Å². The summed E-state index contributed by atoms with van der Waals surface area (Å²) in [6.07, 6.45) is 0. The highest BCUT2D eigenvalue weighted by Crippen LogP contribution is 2.06. The van der Waals surface area contributed by atoms with Gasteiger partial charge in [-0.1, -0.05) is 0 Å². The summed E-state index contributed by atoms with van der Waals surface area (Å²) in [5, 5.41) is 0. The Morgan fingerprint density at radius 1 is 1.13 bits per heavy atom. The van der Waals surface area contributed by atoms with Crippen molar-refractivity contribution in [2.24, 2.45) is 0 Å². The second kappa shape index (κ2) is 7.59. The molecule has 0 N–H and O–H groups in total. The zero-order valence-corrected chi connectivity index (χ0v) is 9.55. The Labute approximate surface area is 89.7 Å². The number of ether oxygens (including phenoxy) is 3. The zero-order chi connectivity index (χ0) is 11.7. The van der Waals surface area contributed by atoms with Crippen molar-refractivity contribution in [1.29, 1.82) is 0 Å². The molecule has 0 aliphatic heterocycles. The van der Waals surface area contributed by atoms with Crippen molar-refractivity contribution in [2.45, 2.75) is 26.4 Å². The number of halogens is 1. The lowest BCUT2D eigenvalue weighted by atomic mass is 10.2. The SMILES string of the molecule is CC(C)(C)OC(=O)COCCOCCF. The van der Waals surface area contributed by atoms with E-state index in [0.717, 1.165) is 0 Å². The maximum Gasteiger partial charge on any atom is 0.332 e. The molecule has 0 rings (SSSR count). The minimum absolute atomic E-state index is 0.0653. The fourth-order valence-electron chi connectivity index (χ4n) is 0.801. The van der Waals surface area contributed by atoms with Crippen LogP contribution in [0.4, 0.5) is 4.39 Å². The van der Waals surface area contributed by atoms with Crippen LogP contribution in [0.25, 0.3) is 0 Å². The van der Waals surface area contributed by atoms with Crippen molar-refractivity contribution < 1.29 is 23.4 Å². The quantitative estimate of drug-likeness (QED) is 0.481. The topological polar surface area (TPSA) is 44.8 Å². The van der Waals surface area contributed by atoms with E-state index in [1.807, 2.05) is 0 Å². The van der Waals surface area contributed by atoms with Gasteiger partial charge in [0.05, 0.1) is 19.8 Å². The average Bonchev–Trinajstić information content (AvgIpc) is 2.08. The Kier molecular flexibility index (Phi) is 7.25. The number of carbonyl (C=O) groups is 1. The second-order valence-corrected chi connectivity index (χ2v) is 3.94. The van der Waals surface area contributed by atoms with Crippen molar-refractivity contribution >= 4 is 5.97 Å². The molecule has 4 nitrogen and oxygen atoms in total. The first-order chi connectivity index (χ1) is 6.95. The number of hydrogen-bond acceptors (Lipinski definition) is 4. The van der Waals surface area contributed by atoms with E-state index in [-0.39, 0.29) is 26.4 Å². The maximum absolute atomic E-state index is 11.6. The third kappa shape index (κ3) is 11.2. The lowest BCUT2D eigenvalue weighted by Crippen LogP contribution is -2.27. The Morgan fingerprint density at radius 2 is 1.73 bits per heavy atom. The summed E-state index contributed by atoms with van der Waals surface area (Å²) >= 11 is 0. The van der Waals surface area contributed by atoms with E-state index >= 15 is 0 Å². The lowest BCUT2D eigenvalue weighted by molar-refractivity contribution is -0.160. The minimum atomic E-state index is -0.508. The van der Waals surface area contributed by atoms with Gasteiger partial charge in [-0.2, -0.15) is 0 Å². The molecule has 0 saturated heterocycles. The van der Waals surface area contributed by atoms with Gasteiger partial charge in [-0.25, -0.2) is 9.18 Å². The van der Waals surface area contributed by atoms with Gasteiger partial charge < -0.3 is 14.2 Å². The van der Waals surface area contributed by atoms with E-state index in [1.165, 1.54) is 0 Å². The molecule has 0 radical (unpaired) electrons. The zero-order valence-electron chi connectivity index (χ0n) is 9.55. The van der Waals surface area contributed by atoms with Crippen molar-refractivity contribution in [1.82, 2.24) is 0 Å². The smallest absolute Gasteiger partial charge is 0.332 e. The molecule has 0 amide bonds. The molecule has 0 saturated carbocycles. The van der Waals surface area contributed by atoms with Crippen LogP contribution in [0.15, 0.2) is 0 Å². The standard InChI is InChI=1S/C10H19FO4/c1-10(2,3)15-9(12)8-14-7-6-13-5-4-11/h4-8H2,1-3H3. The van der Waals surface area contributed by atoms with Crippen LogP contribution in [0, 0.1) is 0 Å². The minimum Gasteiger partial charge on any atom is -0.458 e. The molecule has 0 aliphatic carbocycles. The molecule has 15 heavy (non-hydrogen) atoms. The van der Waals surface area contributed by atoms with E-state index in [1.54, 1.807) is 20.8 Å². The van der Waals surface area contributed by atoms with Gasteiger partial charge in [0.15, 0.2) is 0 Å². The molecule has 0 fully saturated rings. The third-order valence-corrected chi connectivity index (χ3v) is 1.23. The molecule has 0 aromatic rings. The number of alkyl halides is 1. The van der Waals surface area contributed by atoms with Gasteiger partial charge in [-0.15, -0.1) is 0 Å². The van der Waals surface area contributed by atoms with Crippen molar-refractivity contribution in [3.05, 3.63) is 0 Å². The normalized spacial score (nSPS) is 11.5. The summed E-state index contributed by atoms with van der Waals surface area (Å²) in [6.45, 7) is 5.36. The van der Waals surface area contributed by atoms with Crippen molar-refractivity contribution in [3.8, 4) is 0 Å². The van der Waals surface area contributed by atoms with Crippen molar-refractivity contribution in [3.63, 3.8) is 0 Å². The molecule has 0 heterocycles. The van der Waals surface area contributed by atoms with Gasteiger partial charge >= 0.3 is 5.97 Å². The van der Waals surface area contributed by atoms with Crippen LogP contribution in [0.5, 0.6) is 0 Å². The van der Waals surface area contributed by atoms with Crippen LogP contribution < -0.4 is 0 Å². The Balaban J connectivity index is 3.32. The monoisotopic (exact) mass is 222 g/mol. The van der Waals surface area contributed by atoms with E-state index < -0.39 is 18.2 Å². The first kappa shape index (κ1) is 14.3. The summed E-state index contributed by atoms with van der Waals surface area (Å²) in [7, 11) is 0. The fraction of sp³-hybridized carbons (Fsp3) is 0.900. The maximum atomic E-state index is 11.6. The molecule has 0 atom stereocenters. The van der Waals surface area contributed by atoms with E-state index in [0.29, 0.717) is 0 Å². The fourth-order valence-corrected chi connectivity index (χ4v) is 0.801. The number of esters is 1. The molecular weight excluding hydrogens is 203 g/mol. The van der Waals surface area contributed by atoms with E-state index in [2.05, 4.69) is 0 Å². The van der Waals surface area contributed by atoms with Crippen LogP contribution in [-0.4, -0.2) is 44.7 Å². The lowest BCUT2D eigenvalue weighted by Gasteiger charge is -2.19. The van der Waals surface area contributed by atoms with Gasteiger partial charge in [-0.3, -0.25) is 0 Å². The van der Waals surface area contributed by atoms with Crippen LogP contribution in [-0.2, 0) is 19.0 Å². The predicted octanol–water partition coefficient (Wildman–Crippen LogP) is 1.33. The largest absolute Gasteiger partial charge is 0.458 e. The first-order valence-electron chi connectivity index (χ1n) is 4.89. The van der Waals surface area contributed by atoms with Gasteiger partial charge in [0, 0.05) is 0 Å². The first-order valence-corrected chi connectivity index (χ1v) is 4.89. The molecule has 0 aliphatic rings. The van der Waals surface area contributed by atoms with E-state index in [9.17, 15) is 9.18 Å². The Bertz CT molecular complexity index is 177. The van der Waals surface area contributed by atoms with Crippen molar-refractivity contribution in [2.75, 3.05) is 33.1 Å². The van der Waals surface area contributed by atoms with Gasteiger partial charge in [0.1, 0.15) is 18.9 Å². The summed E-state index contributed by atoms with van der Waals surface area (Å²) in [6, 6.07) is 0. The Hall–Kier alpha value is -0.680. The third-order valence-electron chi connectivity index (χ3n) is 1.23. The molecule has 0 bridgehead atoms. The van der Waals surface area contributed by atoms with Crippen LogP contribution in [0.2, 0.25) is 0 Å². The summed E-state index contributed by atoms with van der Waals surface area (Å²) in [4.78, 5) is 11.1.